The van der Waals surface area contributed by atoms with E-state index in [-0.39, 0.29) is 11.2 Å². The van der Waals surface area contributed by atoms with Gasteiger partial charge in [-0.15, -0.1) is 0 Å². The minimum absolute atomic E-state index is 0.360. The molecule has 6 nitrogen and oxygen atoms in total. The molecule has 6 heteroatoms. The molecule has 0 bridgehead atoms. The molecule has 28 heavy (non-hydrogen) atoms. The normalized spacial score (nSPS) is 11.3. The van der Waals surface area contributed by atoms with Gasteiger partial charge in [0.1, 0.15) is 0 Å². The Hall–Kier alpha value is -3.41. The van der Waals surface area contributed by atoms with Crippen molar-refractivity contribution >= 4 is 11.0 Å². The van der Waals surface area contributed by atoms with E-state index < -0.39 is 0 Å². The van der Waals surface area contributed by atoms with Crippen LogP contribution in [-0.4, -0.2) is 18.9 Å². The molecule has 4 rings (SSSR count). The second-order valence-electron chi connectivity index (χ2n) is 7.28. The first kappa shape index (κ1) is 18.0. The fraction of sp³-hybridized carbons (Fsp3) is 0.227. The number of nitrogens with zero attached hydrogens (tertiary/aromatic N) is 4. The fourth-order valence-electron chi connectivity index (χ4n) is 3.50. The number of benzene rings is 2. The Morgan fingerprint density at radius 3 is 2.32 bits per heavy atom. The Bertz CT molecular complexity index is 1310. The molecule has 0 atom stereocenters. The van der Waals surface area contributed by atoms with E-state index in [1.807, 2.05) is 39.0 Å². The number of hydrogen-bond donors (Lipinski definition) is 0. The zero-order chi connectivity index (χ0) is 20.0. The zero-order valence-electron chi connectivity index (χ0n) is 16.4. The van der Waals surface area contributed by atoms with Gasteiger partial charge in [-0.05, 0) is 44.0 Å². The molecule has 0 N–H and O–H groups in total. The predicted molar refractivity (Wildman–Crippen MR) is 110 cm³/mol. The van der Waals surface area contributed by atoms with Crippen molar-refractivity contribution in [3.63, 3.8) is 0 Å². The SMILES string of the molecule is Cc1ccc(-n2c(=O)c3c(cnn3C)n(Cc3cc(C)ccc3C)c2=O)cc1. The van der Waals surface area contributed by atoms with Crippen LogP contribution in [0.5, 0.6) is 0 Å². The lowest BCUT2D eigenvalue weighted by atomic mass is 10.1. The third-order valence-corrected chi connectivity index (χ3v) is 5.16. The molecule has 0 aliphatic rings. The third-order valence-electron chi connectivity index (χ3n) is 5.16. The number of fused-ring (bicyclic) bond motifs is 1. The molecule has 0 aliphatic carbocycles. The maximum atomic E-state index is 13.4. The summed E-state index contributed by atoms with van der Waals surface area (Å²) < 4.78 is 4.39. The molecule has 0 aliphatic heterocycles. The Morgan fingerprint density at radius 2 is 1.61 bits per heavy atom. The number of rotatable bonds is 3. The molecule has 0 saturated carbocycles. The Morgan fingerprint density at radius 1 is 0.929 bits per heavy atom. The molecule has 0 fully saturated rings. The van der Waals surface area contributed by atoms with E-state index in [1.165, 1.54) is 9.25 Å². The van der Waals surface area contributed by atoms with Crippen molar-refractivity contribution in [2.45, 2.75) is 27.3 Å². The highest BCUT2D eigenvalue weighted by Crippen LogP contribution is 2.15. The summed E-state index contributed by atoms with van der Waals surface area (Å²) in [6.07, 6.45) is 1.59. The molecule has 2 aromatic carbocycles. The molecular formula is C22H22N4O2. The van der Waals surface area contributed by atoms with Crippen LogP contribution in [0.2, 0.25) is 0 Å². The largest absolute Gasteiger partial charge is 0.336 e. The van der Waals surface area contributed by atoms with Gasteiger partial charge in [-0.25, -0.2) is 9.36 Å². The van der Waals surface area contributed by atoms with E-state index in [1.54, 1.807) is 29.9 Å². The van der Waals surface area contributed by atoms with E-state index in [0.717, 1.165) is 22.3 Å². The standard InChI is InChI=1S/C22H22N4O2/c1-14-6-9-18(10-7-14)26-21(27)20-19(12-23-24(20)4)25(22(26)28)13-17-11-15(2)5-8-16(17)3/h5-12H,13H2,1-4H3. The zero-order valence-corrected chi connectivity index (χ0v) is 16.4. The summed E-state index contributed by atoms with van der Waals surface area (Å²) in [6, 6.07) is 13.5. The van der Waals surface area contributed by atoms with Crippen molar-refractivity contribution in [1.82, 2.24) is 18.9 Å². The fourth-order valence-corrected chi connectivity index (χ4v) is 3.50. The van der Waals surface area contributed by atoms with Gasteiger partial charge in [0.25, 0.3) is 5.56 Å². The van der Waals surface area contributed by atoms with Crippen LogP contribution < -0.4 is 11.2 Å². The maximum absolute atomic E-state index is 13.4. The Labute approximate surface area is 162 Å². The average Bonchev–Trinajstić information content (AvgIpc) is 3.05. The first-order chi connectivity index (χ1) is 13.4. The van der Waals surface area contributed by atoms with E-state index in [0.29, 0.717) is 23.3 Å². The van der Waals surface area contributed by atoms with Gasteiger partial charge < -0.3 is 0 Å². The van der Waals surface area contributed by atoms with Gasteiger partial charge in [-0.3, -0.25) is 14.0 Å². The topological polar surface area (TPSA) is 61.8 Å². The van der Waals surface area contributed by atoms with Crippen LogP contribution in [0.25, 0.3) is 16.7 Å². The van der Waals surface area contributed by atoms with Gasteiger partial charge in [0.15, 0.2) is 5.52 Å². The Kier molecular flexibility index (Phi) is 4.26. The van der Waals surface area contributed by atoms with Crippen LogP contribution in [0.15, 0.2) is 58.3 Å². The molecule has 0 amide bonds. The second kappa shape index (κ2) is 6.64. The van der Waals surface area contributed by atoms with Gasteiger partial charge in [0.05, 0.1) is 23.9 Å². The molecule has 4 aromatic rings. The van der Waals surface area contributed by atoms with Crippen molar-refractivity contribution in [3.8, 4) is 5.69 Å². The lowest BCUT2D eigenvalue weighted by molar-refractivity contribution is 0.706. The number of hydrogen-bond acceptors (Lipinski definition) is 3. The predicted octanol–water partition coefficient (Wildman–Crippen LogP) is 2.86. The Balaban J connectivity index is 2.03. The molecule has 0 saturated heterocycles. The van der Waals surface area contributed by atoms with Crippen LogP contribution in [0.4, 0.5) is 0 Å². The van der Waals surface area contributed by atoms with Gasteiger partial charge in [0.2, 0.25) is 0 Å². The smallest absolute Gasteiger partial charge is 0.285 e. The molecule has 2 heterocycles. The summed E-state index contributed by atoms with van der Waals surface area (Å²) in [7, 11) is 1.72. The average molecular weight is 374 g/mol. The van der Waals surface area contributed by atoms with E-state index in [4.69, 9.17) is 0 Å². The van der Waals surface area contributed by atoms with E-state index in [2.05, 4.69) is 17.2 Å². The minimum atomic E-state index is -0.366. The minimum Gasteiger partial charge on any atom is -0.285 e. The third kappa shape index (κ3) is 2.87. The second-order valence-corrected chi connectivity index (χ2v) is 7.28. The highest BCUT2D eigenvalue weighted by Gasteiger charge is 2.18. The van der Waals surface area contributed by atoms with Crippen LogP contribution in [0, 0.1) is 20.8 Å². The molecule has 0 radical (unpaired) electrons. The van der Waals surface area contributed by atoms with Gasteiger partial charge in [0, 0.05) is 7.05 Å². The van der Waals surface area contributed by atoms with Crippen molar-refractivity contribution in [2.24, 2.45) is 7.05 Å². The molecule has 2 aromatic heterocycles. The van der Waals surface area contributed by atoms with Crippen LogP contribution in [0.1, 0.15) is 22.3 Å². The van der Waals surface area contributed by atoms with Crippen LogP contribution in [0.3, 0.4) is 0 Å². The first-order valence-electron chi connectivity index (χ1n) is 9.17. The summed E-state index contributed by atoms with van der Waals surface area (Å²) in [5.74, 6) is 0. The monoisotopic (exact) mass is 374 g/mol. The summed E-state index contributed by atoms with van der Waals surface area (Å²) in [6.45, 7) is 6.39. The molecule has 0 spiro atoms. The summed E-state index contributed by atoms with van der Waals surface area (Å²) in [5, 5.41) is 4.23. The van der Waals surface area contributed by atoms with Gasteiger partial charge >= 0.3 is 5.69 Å². The van der Waals surface area contributed by atoms with E-state index >= 15 is 0 Å². The van der Waals surface area contributed by atoms with Crippen molar-refractivity contribution < 1.29 is 0 Å². The van der Waals surface area contributed by atoms with Crippen molar-refractivity contribution in [2.75, 3.05) is 0 Å². The lowest BCUT2D eigenvalue weighted by Gasteiger charge is -2.14. The lowest BCUT2D eigenvalue weighted by Crippen LogP contribution is -2.39. The van der Waals surface area contributed by atoms with Crippen LogP contribution in [-0.2, 0) is 13.6 Å². The summed E-state index contributed by atoms with van der Waals surface area (Å²) in [5.41, 5.74) is 5.11. The highest BCUT2D eigenvalue weighted by atomic mass is 16.2. The number of aromatic nitrogens is 4. The summed E-state index contributed by atoms with van der Waals surface area (Å²) >= 11 is 0. The quantitative estimate of drug-likeness (QED) is 0.554. The van der Waals surface area contributed by atoms with Gasteiger partial charge in [-0.2, -0.15) is 5.10 Å². The van der Waals surface area contributed by atoms with Gasteiger partial charge in [-0.1, -0.05) is 41.5 Å². The summed E-state index contributed by atoms with van der Waals surface area (Å²) in [4.78, 5) is 26.5. The molecule has 0 unspecified atom stereocenters. The highest BCUT2D eigenvalue weighted by molar-refractivity contribution is 5.74. The molecule has 142 valence electrons. The van der Waals surface area contributed by atoms with Crippen molar-refractivity contribution in [1.29, 1.82) is 0 Å². The first-order valence-corrected chi connectivity index (χ1v) is 9.17. The number of aryl methyl sites for hydroxylation is 4. The van der Waals surface area contributed by atoms with E-state index in [9.17, 15) is 9.59 Å². The van der Waals surface area contributed by atoms with Crippen molar-refractivity contribution in [3.05, 3.63) is 91.8 Å². The van der Waals surface area contributed by atoms with Crippen LogP contribution >= 0.6 is 0 Å². The maximum Gasteiger partial charge on any atom is 0.336 e. The molecular weight excluding hydrogens is 352 g/mol.